The molecule has 0 saturated carbocycles. The standard InChI is InChI=1S/C13H22N6O/c1-3-10-16-11(8-12(17-10)18-14)15-9(2)13(20)19-6-4-5-7-19/h8-9H,3-7,14H2,1-2H3,(H2,15,16,17,18). The minimum absolute atomic E-state index is 0.112. The summed E-state index contributed by atoms with van der Waals surface area (Å²) in [6.45, 7) is 5.52. The molecule has 1 atom stereocenters. The van der Waals surface area contributed by atoms with Crippen molar-refractivity contribution in [2.45, 2.75) is 39.2 Å². The van der Waals surface area contributed by atoms with Crippen LogP contribution in [0.2, 0.25) is 0 Å². The molecule has 7 nitrogen and oxygen atoms in total. The molecule has 1 saturated heterocycles. The summed E-state index contributed by atoms with van der Waals surface area (Å²) in [7, 11) is 0. The zero-order valence-electron chi connectivity index (χ0n) is 12.0. The van der Waals surface area contributed by atoms with Gasteiger partial charge in [0.25, 0.3) is 0 Å². The second-order valence-electron chi connectivity index (χ2n) is 4.95. The van der Waals surface area contributed by atoms with Gasteiger partial charge in [-0.3, -0.25) is 4.79 Å². The number of nitrogens with zero attached hydrogens (tertiary/aromatic N) is 3. The third kappa shape index (κ3) is 3.36. The molecule has 0 bridgehead atoms. The number of amides is 1. The first-order valence-corrected chi connectivity index (χ1v) is 7.04. The van der Waals surface area contributed by atoms with E-state index in [4.69, 9.17) is 5.84 Å². The molecule has 1 aromatic rings. The van der Waals surface area contributed by atoms with Gasteiger partial charge in [0.1, 0.15) is 23.5 Å². The van der Waals surface area contributed by atoms with Crippen molar-refractivity contribution in [2.24, 2.45) is 5.84 Å². The van der Waals surface area contributed by atoms with Crippen LogP contribution in [0.1, 0.15) is 32.5 Å². The highest BCUT2D eigenvalue weighted by molar-refractivity contribution is 5.84. The number of nitrogens with two attached hydrogens (primary N) is 1. The Hall–Kier alpha value is -1.89. The predicted molar refractivity (Wildman–Crippen MR) is 78.1 cm³/mol. The van der Waals surface area contributed by atoms with Crippen LogP contribution in [0, 0.1) is 0 Å². The number of hydrogen-bond donors (Lipinski definition) is 3. The molecule has 1 aromatic heterocycles. The zero-order valence-corrected chi connectivity index (χ0v) is 12.0. The molecule has 110 valence electrons. The first-order chi connectivity index (χ1) is 9.63. The van der Waals surface area contributed by atoms with Gasteiger partial charge < -0.3 is 15.6 Å². The van der Waals surface area contributed by atoms with E-state index in [1.807, 2.05) is 18.7 Å². The van der Waals surface area contributed by atoms with E-state index < -0.39 is 0 Å². The summed E-state index contributed by atoms with van der Waals surface area (Å²) in [6.07, 6.45) is 2.89. The maximum atomic E-state index is 12.2. The van der Waals surface area contributed by atoms with Crippen molar-refractivity contribution < 1.29 is 4.79 Å². The molecular weight excluding hydrogens is 256 g/mol. The molecule has 1 amide bonds. The lowest BCUT2D eigenvalue weighted by Gasteiger charge is -2.21. The molecule has 2 heterocycles. The Balaban J connectivity index is 2.06. The molecule has 0 radical (unpaired) electrons. The summed E-state index contributed by atoms with van der Waals surface area (Å²) in [4.78, 5) is 22.7. The van der Waals surface area contributed by atoms with Gasteiger partial charge >= 0.3 is 0 Å². The van der Waals surface area contributed by atoms with E-state index in [9.17, 15) is 4.79 Å². The van der Waals surface area contributed by atoms with Crippen LogP contribution < -0.4 is 16.6 Å². The van der Waals surface area contributed by atoms with E-state index in [0.29, 0.717) is 23.9 Å². The van der Waals surface area contributed by atoms with Gasteiger partial charge in [0.05, 0.1) is 0 Å². The van der Waals surface area contributed by atoms with Gasteiger partial charge in [0.15, 0.2) is 0 Å². The number of likely N-dealkylation sites (tertiary alicyclic amines) is 1. The number of anilines is 2. The first kappa shape index (κ1) is 14.5. The Kier molecular flexibility index (Phi) is 4.73. The minimum Gasteiger partial charge on any atom is -0.358 e. The lowest BCUT2D eigenvalue weighted by Crippen LogP contribution is -2.39. The maximum absolute atomic E-state index is 12.2. The van der Waals surface area contributed by atoms with Gasteiger partial charge in [0, 0.05) is 25.6 Å². The van der Waals surface area contributed by atoms with Crippen LogP contribution in [0.25, 0.3) is 0 Å². The lowest BCUT2D eigenvalue weighted by molar-refractivity contribution is -0.130. The largest absolute Gasteiger partial charge is 0.358 e. The zero-order chi connectivity index (χ0) is 14.5. The molecule has 7 heteroatoms. The molecule has 0 aromatic carbocycles. The van der Waals surface area contributed by atoms with Crippen LogP contribution in [0.4, 0.5) is 11.6 Å². The van der Waals surface area contributed by atoms with E-state index in [0.717, 1.165) is 25.9 Å². The van der Waals surface area contributed by atoms with Crippen molar-refractivity contribution in [1.29, 1.82) is 0 Å². The number of nitrogens with one attached hydrogen (secondary N) is 2. The highest BCUT2D eigenvalue weighted by atomic mass is 16.2. The van der Waals surface area contributed by atoms with Crippen LogP contribution in [-0.2, 0) is 11.2 Å². The molecule has 1 aliphatic rings. The molecule has 1 fully saturated rings. The summed E-state index contributed by atoms with van der Waals surface area (Å²) in [6, 6.07) is 1.39. The molecule has 1 unspecified atom stereocenters. The van der Waals surface area contributed by atoms with E-state index in [1.54, 1.807) is 6.07 Å². The fourth-order valence-corrected chi connectivity index (χ4v) is 2.30. The Labute approximate surface area is 118 Å². The lowest BCUT2D eigenvalue weighted by atomic mass is 10.3. The number of nitrogen functional groups attached to an aromatic ring is 1. The molecular formula is C13H22N6O. The molecule has 1 aliphatic heterocycles. The highest BCUT2D eigenvalue weighted by Crippen LogP contribution is 2.14. The van der Waals surface area contributed by atoms with Crippen molar-refractivity contribution in [2.75, 3.05) is 23.8 Å². The van der Waals surface area contributed by atoms with Gasteiger partial charge in [-0.05, 0) is 19.8 Å². The van der Waals surface area contributed by atoms with E-state index >= 15 is 0 Å². The summed E-state index contributed by atoms with van der Waals surface area (Å²) in [5.74, 6) is 7.34. The Morgan fingerprint density at radius 1 is 1.40 bits per heavy atom. The molecule has 0 spiro atoms. The Morgan fingerprint density at radius 3 is 2.65 bits per heavy atom. The number of hydrogen-bond acceptors (Lipinski definition) is 6. The third-order valence-corrected chi connectivity index (χ3v) is 3.39. The van der Waals surface area contributed by atoms with Crippen molar-refractivity contribution in [1.82, 2.24) is 14.9 Å². The molecule has 0 aliphatic carbocycles. The van der Waals surface area contributed by atoms with Gasteiger partial charge in [-0.2, -0.15) is 0 Å². The number of aryl methyl sites for hydroxylation is 1. The van der Waals surface area contributed by atoms with Crippen molar-refractivity contribution in [3.63, 3.8) is 0 Å². The Morgan fingerprint density at radius 2 is 2.05 bits per heavy atom. The number of rotatable bonds is 5. The number of aromatic nitrogens is 2. The first-order valence-electron chi connectivity index (χ1n) is 7.04. The SMILES string of the molecule is CCc1nc(NN)cc(NC(C)C(=O)N2CCCC2)n1. The van der Waals surface area contributed by atoms with Crippen LogP contribution in [0.3, 0.4) is 0 Å². The summed E-state index contributed by atoms with van der Waals surface area (Å²) in [5.41, 5.74) is 2.51. The van der Waals surface area contributed by atoms with Crippen LogP contribution in [-0.4, -0.2) is 39.9 Å². The second kappa shape index (κ2) is 6.51. The average molecular weight is 278 g/mol. The van der Waals surface area contributed by atoms with Gasteiger partial charge in [-0.1, -0.05) is 6.92 Å². The highest BCUT2D eigenvalue weighted by Gasteiger charge is 2.23. The summed E-state index contributed by atoms with van der Waals surface area (Å²) in [5, 5.41) is 3.13. The third-order valence-electron chi connectivity index (χ3n) is 3.39. The Bertz CT molecular complexity index is 450. The van der Waals surface area contributed by atoms with Crippen LogP contribution >= 0.6 is 0 Å². The van der Waals surface area contributed by atoms with Gasteiger partial charge in [0.2, 0.25) is 5.91 Å². The molecule has 4 N–H and O–H groups in total. The minimum atomic E-state index is -0.307. The summed E-state index contributed by atoms with van der Waals surface area (Å²) < 4.78 is 0. The van der Waals surface area contributed by atoms with Gasteiger partial charge in [-0.25, -0.2) is 15.8 Å². The van der Waals surface area contributed by atoms with E-state index in [1.165, 1.54) is 0 Å². The number of carbonyl (C=O) groups excluding carboxylic acids is 1. The van der Waals surface area contributed by atoms with Crippen molar-refractivity contribution in [3.05, 3.63) is 11.9 Å². The normalized spacial score (nSPS) is 16.1. The molecule has 2 rings (SSSR count). The summed E-state index contributed by atoms with van der Waals surface area (Å²) >= 11 is 0. The fraction of sp³-hybridized carbons (Fsp3) is 0.615. The van der Waals surface area contributed by atoms with Crippen LogP contribution in [0.15, 0.2) is 6.07 Å². The monoisotopic (exact) mass is 278 g/mol. The quantitative estimate of drug-likeness (QED) is 0.543. The average Bonchev–Trinajstić information content (AvgIpc) is 3.00. The number of hydrazine groups is 1. The fourth-order valence-electron chi connectivity index (χ4n) is 2.30. The smallest absolute Gasteiger partial charge is 0.244 e. The van der Waals surface area contributed by atoms with Gasteiger partial charge in [-0.15, -0.1) is 0 Å². The van der Waals surface area contributed by atoms with E-state index in [-0.39, 0.29) is 11.9 Å². The second-order valence-corrected chi connectivity index (χ2v) is 4.95. The molecule has 20 heavy (non-hydrogen) atoms. The predicted octanol–water partition coefficient (Wildman–Crippen LogP) is 0.747. The topological polar surface area (TPSA) is 96.2 Å². The van der Waals surface area contributed by atoms with E-state index in [2.05, 4.69) is 20.7 Å². The van der Waals surface area contributed by atoms with Crippen molar-refractivity contribution in [3.8, 4) is 0 Å². The maximum Gasteiger partial charge on any atom is 0.244 e. The number of carbonyl (C=O) groups is 1. The van der Waals surface area contributed by atoms with Crippen LogP contribution in [0.5, 0.6) is 0 Å². The van der Waals surface area contributed by atoms with Crippen molar-refractivity contribution >= 4 is 17.5 Å².